The molecule has 0 bridgehead atoms. The standard InChI is InChI=1S/C21H24N2O2/c1-14(2)17-12-15(10-11-20(17)25-5)23-19-9-7-6-8-16(19)18(21(23)24)13-22(3)4/h6-14H,1-5H3. The number of anilines is 2. The molecule has 1 heterocycles. The van der Waals surface area contributed by atoms with E-state index < -0.39 is 0 Å². The maximum Gasteiger partial charge on any atom is 0.265 e. The molecule has 25 heavy (non-hydrogen) atoms. The molecule has 2 aromatic carbocycles. The fraction of sp³-hybridized carbons (Fsp3) is 0.286. The summed E-state index contributed by atoms with van der Waals surface area (Å²) in [4.78, 5) is 16.8. The molecule has 0 spiro atoms. The predicted octanol–water partition coefficient (Wildman–Crippen LogP) is 4.40. The van der Waals surface area contributed by atoms with Crippen LogP contribution < -0.4 is 9.64 Å². The van der Waals surface area contributed by atoms with Gasteiger partial charge in [-0.25, -0.2) is 0 Å². The molecule has 0 unspecified atom stereocenters. The van der Waals surface area contributed by atoms with Crippen molar-refractivity contribution in [1.29, 1.82) is 0 Å². The summed E-state index contributed by atoms with van der Waals surface area (Å²) in [5.41, 5.74) is 4.55. The van der Waals surface area contributed by atoms with Crippen molar-refractivity contribution in [2.45, 2.75) is 19.8 Å². The summed E-state index contributed by atoms with van der Waals surface area (Å²) in [6.45, 7) is 4.25. The fourth-order valence-corrected chi connectivity index (χ4v) is 3.19. The summed E-state index contributed by atoms with van der Waals surface area (Å²) >= 11 is 0. The van der Waals surface area contributed by atoms with E-state index in [1.807, 2.05) is 61.6 Å². The maximum absolute atomic E-state index is 13.1. The van der Waals surface area contributed by atoms with E-state index in [-0.39, 0.29) is 5.91 Å². The first-order chi connectivity index (χ1) is 11.9. The Kier molecular flexibility index (Phi) is 4.53. The smallest absolute Gasteiger partial charge is 0.265 e. The van der Waals surface area contributed by atoms with Crippen molar-refractivity contribution in [3.63, 3.8) is 0 Å². The van der Waals surface area contributed by atoms with Crippen molar-refractivity contribution in [3.05, 3.63) is 59.8 Å². The Bertz CT molecular complexity index is 838. The number of fused-ring (bicyclic) bond motifs is 1. The topological polar surface area (TPSA) is 32.8 Å². The first-order valence-corrected chi connectivity index (χ1v) is 8.44. The van der Waals surface area contributed by atoms with E-state index in [1.54, 1.807) is 12.0 Å². The van der Waals surface area contributed by atoms with Gasteiger partial charge in [0, 0.05) is 31.5 Å². The van der Waals surface area contributed by atoms with Crippen LogP contribution in [0.4, 0.5) is 11.4 Å². The highest BCUT2D eigenvalue weighted by atomic mass is 16.5. The first-order valence-electron chi connectivity index (χ1n) is 8.44. The Morgan fingerprint density at radius 2 is 1.84 bits per heavy atom. The Labute approximate surface area is 149 Å². The third-order valence-corrected chi connectivity index (χ3v) is 4.35. The molecule has 1 aliphatic heterocycles. The van der Waals surface area contributed by atoms with E-state index in [2.05, 4.69) is 19.9 Å². The number of nitrogens with zero attached hydrogens (tertiary/aromatic N) is 2. The van der Waals surface area contributed by atoms with Crippen molar-refractivity contribution in [2.24, 2.45) is 0 Å². The van der Waals surface area contributed by atoms with Crippen LogP contribution in [0.2, 0.25) is 0 Å². The van der Waals surface area contributed by atoms with Gasteiger partial charge in [-0.1, -0.05) is 32.0 Å². The summed E-state index contributed by atoms with van der Waals surface area (Å²) in [5.74, 6) is 1.15. The van der Waals surface area contributed by atoms with Gasteiger partial charge >= 0.3 is 0 Å². The van der Waals surface area contributed by atoms with Crippen LogP contribution in [0, 0.1) is 0 Å². The van der Waals surface area contributed by atoms with Crippen molar-refractivity contribution < 1.29 is 9.53 Å². The van der Waals surface area contributed by atoms with Gasteiger partial charge in [-0.05, 0) is 35.7 Å². The monoisotopic (exact) mass is 336 g/mol. The van der Waals surface area contributed by atoms with Gasteiger partial charge in [0.05, 0.1) is 18.4 Å². The summed E-state index contributed by atoms with van der Waals surface area (Å²) in [5, 5.41) is 0. The van der Waals surface area contributed by atoms with Crippen LogP contribution in [0.5, 0.6) is 5.75 Å². The number of carbonyl (C=O) groups is 1. The second kappa shape index (κ2) is 6.63. The van der Waals surface area contributed by atoms with Gasteiger partial charge in [0.25, 0.3) is 5.91 Å². The van der Waals surface area contributed by atoms with Crippen molar-refractivity contribution in [3.8, 4) is 5.75 Å². The number of hydrogen-bond donors (Lipinski definition) is 0. The van der Waals surface area contributed by atoms with Crippen molar-refractivity contribution in [2.75, 3.05) is 26.1 Å². The minimum atomic E-state index is -0.00484. The average Bonchev–Trinajstić information content (AvgIpc) is 2.86. The molecule has 0 aliphatic carbocycles. The molecular formula is C21H24N2O2. The Balaban J connectivity index is 2.15. The van der Waals surface area contributed by atoms with E-state index >= 15 is 0 Å². The van der Waals surface area contributed by atoms with E-state index in [4.69, 9.17) is 4.74 Å². The van der Waals surface area contributed by atoms with Crippen LogP contribution in [0.15, 0.2) is 48.7 Å². The number of methoxy groups -OCH3 is 1. The maximum atomic E-state index is 13.1. The van der Waals surface area contributed by atoms with Gasteiger partial charge in [-0.2, -0.15) is 0 Å². The highest BCUT2D eigenvalue weighted by molar-refractivity contribution is 6.34. The van der Waals surface area contributed by atoms with Crippen LogP contribution in [0.3, 0.4) is 0 Å². The van der Waals surface area contributed by atoms with Crippen molar-refractivity contribution in [1.82, 2.24) is 4.90 Å². The van der Waals surface area contributed by atoms with E-state index in [1.165, 1.54) is 0 Å². The largest absolute Gasteiger partial charge is 0.496 e. The number of hydrogen-bond acceptors (Lipinski definition) is 3. The number of amides is 1. The lowest BCUT2D eigenvalue weighted by Gasteiger charge is -2.20. The summed E-state index contributed by atoms with van der Waals surface area (Å²) in [7, 11) is 5.53. The average molecular weight is 336 g/mol. The molecule has 3 rings (SSSR count). The molecule has 0 saturated heterocycles. The zero-order valence-electron chi connectivity index (χ0n) is 15.4. The van der Waals surface area contributed by atoms with Gasteiger partial charge in [0.15, 0.2) is 0 Å². The van der Waals surface area contributed by atoms with E-state index in [0.717, 1.165) is 28.3 Å². The summed E-state index contributed by atoms with van der Waals surface area (Å²) < 4.78 is 5.47. The van der Waals surface area contributed by atoms with Gasteiger partial charge in [-0.15, -0.1) is 0 Å². The lowest BCUT2D eigenvalue weighted by molar-refractivity contribution is -0.112. The Hall–Kier alpha value is -2.75. The number of ether oxygens (including phenoxy) is 1. The zero-order chi connectivity index (χ0) is 18.1. The van der Waals surface area contributed by atoms with E-state index in [9.17, 15) is 4.79 Å². The molecule has 4 nitrogen and oxygen atoms in total. The van der Waals surface area contributed by atoms with Crippen LogP contribution in [-0.4, -0.2) is 32.0 Å². The number of carbonyl (C=O) groups excluding carboxylic acids is 1. The molecule has 130 valence electrons. The minimum Gasteiger partial charge on any atom is -0.496 e. The van der Waals surface area contributed by atoms with E-state index in [0.29, 0.717) is 11.5 Å². The highest BCUT2D eigenvalue weighted by Gasteiger charge is 2.33. The number of para-hydroxylation sites is 1. The Morgan fingerprint density at radius 3 is 2.48 bits per heavy atom. The van der Waals surface area contributed by atoms with Gasteiger partial charge in [-0.3, -0.25) is 9.69 Å². The number of benzene rings is 2. The highest BCUT2D eigenvalue weighted by Crippen LogP contribution is 2.43. The predicted molar refractivity (Wildman–Crippen MR) is 102 cm³/mol. The molecule has 4 heteroatoms. The van der Waals surface area contributed by atoms with Crippen LogP contribution in [0.1, 0.15) is 30.9 Å². The molecule has 2 aromatic rings. The molecule has 0 fully saturated rings. The molecule has 0 atom stereocenters. The molecule has 0 saturated carbocycles. The lowest BCUT2D eigenvalue weighted by Crippen LogP contribution is -2.21. The van der Waals surface area contributed by atoms with Gasteiger partial charge in [0.1, 0.15) is 5.75 Å². The minimum absolute atomic E-state index is 0.00484. The third-order valence-electron chi connectivity index (χ3n) is 4.35. The Morgan fingerprint density at radius 1 is 1.12 bits per heavy atom. The molecular weight excluding hydrogens is 312 g/mol. The molecule has 1 aliphatic rings. The second-order valence-corrected chi connectivity index (χ2v) is 6.75. The second-order valence-electron chi connectivity index (χ2n) is 6.75. The van der Waals surface area contributed by atoms with Crippen molar-refractivity contribution >= 4 is 22.9 Å². The van der Waals surface area contributed by atoms with Gasteiger partial charge in [0.2, 0.25) is 0 Å². The third kappa shape index (κ3) is 3.00. The quantitative estimate of drug-likeness (QED) is 0.776. The first kappa shape index (κ1) is 17.1. The zero-order valence-corrected chi connectivity index (χ0v) is 15.4. The normalized spacial score (nSPS) is 15.0. The van der Waals surface area contributed by atoms with Crippen LogP contribution in [-0.2, 0) is 4.79 Å². The van der Waals surface area contributed by atoms with Crippen LogP contribution >= 0.6 is 0 Å². The fourth-order valence-electron chi connectivity index (χ4n) is 3.19. The SMILES string of the molecule is COc1ccc(N2C(=O)C(=CN(C)C)c3ccccc32)cc1C(C)C. The van der Waals surface area contributed by atoms with Gasteiger partial charge < -0.3 is 9.64 Å². The molecule has 0 radical (unpaired) electrons. The summed E-state index contributed by atoms with van der Waals surface area (Å²) in [6, 6.07) is 13.8. The summed E-state index contributed by atoms with van der Waals surface area (Å²) in [6.07, 6.45) is 1.88. The number of rotatable bonds is 4. The lowest BCUT2D eigenvalue weighted by atomic mass is 10.0. The molecule has 0 N–H and O–H groups in total. The molecule has 1 amide bonds. The molecule has 0 aromatic heterocycles. The van der Waals surface area contributed by atoms with Crippen LogP contribution in [0.25, 0.3) is 5.57 Å².